The molecule has 0 bridgehead atoms. The number of nitrogens with one attached hydrogen (secondary N) is 2. The van der Waals surface area contributed by atoms with E-state index in [1.807, 2.05) is 42.5 Å². The molecule has 2 amide bonds. The summed E-state index contributed by atoms with van der Waals surface area (Å²) in [5, 5.41) is 7.85. The van der Waals surface area contributed by atoms with Crippen molar-refractivity contribution in [3.8, 4) is 11.5 Å². The van der Waals surface area contributed by atoms with Crippen molar-refractivity contribution in [2.24, 2.45) is 0 Å². The molecule has 0 aromatic heterocycles. The van der Waals surface area contributed by atoms with E-state index >= 15 is 0 Å². The summed E-state index contributed by atoms with van der Waals surface area (Å²) >= 11 is 0. The number of carbonyl (C=O) groups excluding carboxylic acids is 1. The van der Waals surface area contributed by atoms with Crippen LogP contribution in [0.4, 0.5) is 10.5 Å². The number of fused-ring (bicyclic) bond motifs is 1. The number of amides is 2. The first kappa shape index (κ1) is 16.6. The van der Waals surface area contributed by atoms with Crippen LogP contribution in [-0.2, 0) is 6.54 Å². The smallest absolute Gasteiger partial charge is 0.319 e. The predicted octanol–water partition coefficient (Wildman–Crippen LogP) is 4.18. The van der Waals surface area contributed by atoms with E-state index in [1.165, 1.54) is 0 Å². The van der Waals surface area contributed by atoms with Crippen LogP contribution in [0.5, 0.6) is 11.5 Å². The van der Waals surface area contributed by atoms with Crippen molar-refractivity contribution in [2.75, 3.05) is 19.5 Å². The van der Waals surface area contributed by atoms with Crippen LogP contribution in [-0.4, -0.2) is 20.3 Å². The van der Waals surface area contributed by atoms with E-state index in [1.54, 1.807) is 26.4 Å². The monoisotopic (exact) mass is 336 g/mol. The van der Waals surface area contributed by atoms with Crippen molar-refractivity contribution < 1.29 is 14.3 Å². The molecular weight excluding hydrogens is 316 g/mol. The maximum atomic E-state index is 12.1. The molecule has 2 N–H and O–H groups in total. The van der Waals surface area contributed by atoms with Gasteiger partial charge in [0.05, 0.1) is 19.9 Å². The zero-order valence-corrected chi connectivity index (χ0v) is 14.2. The van der Waals surface area contributed by atoms with E-state index in [9.17, 15) is 4.79 Å². The topological polar surface area (TPSA) is 59.6 Å². The largest absolute Gasteiger partial charge is 0.497 e. The zero-order valence-electron chi connectivity index (χ0n) is 14.2. The molecule has 5 nitrogen and oxygen atoms in total. The molecule has 128 valence electrons. The van der Waals surface area contributed by atoms with Crippen molar-refractivity contribution in [1.29, 1.82) is 0 Å². The van der Waals surface area contributed by atoms with Crippen LogP contribution < -0.4 is 20.1 Å². The van der Waals surface area contributed by atoms with Gasteiger partial charge in [-0.05, 0) is 46.7 Å². The van der Waals surface area contributed by atoms with Gasteiger partial charge in [0.25, 0.3) is 0 Å². The van der Waals surface area contributed by atoms with Crippen LogP contribution in [0.25, 0.3) is 10.8 Å². The van der Waals surface area contributed by atoms with E-state index < -0.39 is 0 Å². The van der Waals surface area contributed by atoms with Gasteiger partial charge in [-0.3, -0.25) is 0 Å². The summed E-state index contributed by atoms with van der Waals surface area (Å²) in [5.74, 6) is 1.45. The molecule has 25 heavy (non-hydrogen) atoms. The van der Waals surface area contributed by atoms with E-state index in [0.717, 1.165) is 22.1 Å². The van der Waals surface area contributed by atoms with E-state index in [0.29, 0.717) is 18.0 Å². The molecule has 0 saturated carbocycles. The number of urea groups is 1. The molecule has 3 rings (SSSR count). The lowest BCUT2D eigenvalue weighted by molar-refractivity contribution is 0.251. The number of benzene rings is 3. The minimum atomic E-state index is -0.278. The predicted molar refractivity (Wildman–Crippen MR) is 99.4 cm³/mol. The fourth-order valence-corrected chi connectivity index (χ4v) is 2.61. The van der Waals surface area contributed by atoms with Crippen molar-refractivity contribution >= 4 is 22.5 Å². The normalized spacial score (nSPS) is 10.3. The van der Waals surface area contributed by atoms with Gasteiger partial charge >= 0.3 is 6.03 Å². The highest BCUT2D eigenvalue weighted by Gasteiger charge is 2.06. The van der Waals surface area contributed by atoms with Crippen molar-refractivity contribution in [1.82, 2.24) is 5.32 Å². The van der Waals surface area contributed by atoms with Gasteiger partial charge in [0.15, 0.2) is 0 Å². The maximum Gasteiger partial charge on any atom is 0.319 e. The second-order valence-corrected chi connectivity index (χ2v) is 5.56. The second kappa shape index (κ2) is 7.57. The van der Waals surface area contributed by atoms with Gasteiger partial charge in [0, 0.05) is 6.54 Å². The van der Waals surface area contributed by atoms with Gasteiger partial charge in [-0.2, -0.15) is 0 Å². The fraction of sp³-hybridized carbons (Fsp3) is 0.150. The van der Waals surface area contributed by atoms with Crippen molar-refractivity contribution in [3.05, 3.63) is 66.2 Å². The number of para-hydroxylation sites is 2. The van der Waals surface area contributed by atoms with Crippen LogP contribution in [0, 0.1) is 0 Å². The minimum Gasteiger partial charge on any atom is -0.497 e. The Balaban J connectivity index is 1.64. The summed E-state index contributed by atoms with van der Waals surface area (Å²) in [6.07, 6.45) is 0. The summed E-state index contributed by atoms with van der Waals surface area (Å²) in [7, 11) is 3.22. The Morgan fingerprint density at radius 1 is 0.920 bits per heavy atom. The summed E-state index contributed by atoms with van der Waals surface area (Å²) < 4.78 is 10.5. The number of hydrogen-bond acceptors (Lipinski definition) is 3. The Morgan fingerprint density at radius 2 is 1.68 bits per heavy atom. The SMILES string of the molecule is COc1ccc2cc(CNC(=O)Nc3ccccc3OC)ccc2c1. The molecule has 0 spiro atoms. The molecule has 3 aromatic rings. The molecule has 0 saturated heterocycles. The van der Waals surface area contributed by atoms with Gasteiger partial charge in [-0.15, -0.1) is 0 Å². The highest BCUT2D eigenvalue weighted by Crippen LogP contribution is 2.23. The number of anilines is 1. The third-order valence-corrected chi connectivity index (χ3v) is 3.92. The Morgan fingerprint density at radius 3 is 2.48 bits per heavy atom. The first-order valence-electron chi connectivity index (χ1n) is 7.94. The van der Waals surface area contributed by atoms with Crippen LogP contribution >= 0.6 is 0 Å². The van der Waals surface area contributed by atoms with Crippen molar-refractivity contribution in [2.45, 2.75) is 6.54 Å². The van der Waals surface area contributed by atoms with Gasteiger partial charge in [-0.25, -0.2) is 4.79 Å². The molecule has 0 unspecified atom stereocenters. The molecule has 0 fully saturated rings. The third-order valence-electron chi connectivity index (χ3n) is 3.92. The lowest BCUT2D eigenvalue weighted by Crippen LogP contribution is -2.28. The number of carbonyl (C=O) groups is 1. The Labute approximate surface area is 146 Å². The van der Waals surface area contributed by atoms with Crippen LogP contribution in [0.1, 0.15) is 5.56 Å². The molecule has 0 aliphatic rings. The van der Waals surface area contributed by atoms with Crippen LogP contribution in [0.2, 0.25) is 0 Å². The summed E-state index contributed by atoms with van der Waals surface area (Å²) in [5.41, 5.74) is 1.65. The molecule has 0 aliphatic heterocycles. The van der Waals surface area contributed by atoms with Gasteiger partial charge in [-0.1, -0.05) is 30.3 Å². The third kappa shape index (κ3) is 4.01. The molecule has 0 atom stereocenters. The van der Waals surface area contributed by atoms with E-state index in [2.05, 4.69) is 16.7 Å². The maximum absolute atomic E-state index is 12.1. The standard InChI is InChI=1S/C20H20N2O3/c1-24-17-10-9-15-11-14(7-8-16(15)12-17)13-21-20(23)22-18-5-3-4-6-19(18)25-2/h3-12H,13H2,1-2H3,(H2,21,22,23). The van der Waals surface area contributed by atoms with Crippen LogP contribution in [0.3, 0.4) is 0 Å². The molecule has 0 aliphatic carbocycles. The molecule has 0 radical (unpaired) electrons. The molecule has 0 heterocycles. The minimum absolute atomic E-state index is 0.278. The Kier molecular flexibility index (Phi) is 5.04. The Hall–Kier alpha value is -3.21. The lowest BCUT2D eigenvalue weighted by atomic mass is 10.1. The summed E-state index contributed by atoms with van der Waals surface area (Å²) in [6, 6.07) is 19.0. The number of ether oxygens (including phenoxy) is 2. The second-order valence-electron chi connectivity index (χ2n) is 5.56. The first-order chi connectivity index (χ1) is 12.2. The van der Waals surface area contributed by atoms with Gasteiger partial charge in [0.1, 0.15) is 11.5 Å². The fourth-order valence-electron chi connectivity index (χ4n) is 2.61. The van der Waals surface area contributed by atoms with Crippen LogP contribution in [0.15, 0.2) is 60.7 Å². The summed E-state index contributed by atoms with van der Waals surface area (Å²) in [6.45, 7) is 0.433. The highest BCUT2D eigenvalue weighted by atomic mass is 16.5. The summed E-state index contributed by atoms with van der Waals surface area (Å²) in [4.78, 5) is 12.1. The average Bonchev–Trinajstić information content (AvgIpc) is 2.66. The number of hydrogen-bond donors (Lipinski definition) is 2. The zero-order chi connectivity index (χ0) is 17.6. The molecule has 3 aromatic carbocycles. The van der Waals surface area contributed by atoms with Gasteiger partial charge < -0.3 is 20.1 Å². The quantitative estimate of drug-likeness (QED) is 0.735. The lowest BCUT2D eigenvalue weighted by Gasteiger charge is -2.11. The number of rotatable bonds is 5. The van der Waals surface area contributed by atoms with Gasteiger partial charge in [0.2, 0.25) is 0 Å². The number of methoxy groups -OCH3 is 2. The first-order valence-corrected chi connectivity index (χ1v) is 7.94. The van der Waals surface area contributed by atoms with E-state index in [4.69, 9.17) is 9.47 Å². The Bertz CT molecular complexity index is 893. The highest BCUT2D eigenvalue weighted by molar-refractivity contribution is 5.91. The van der Waals surface area contributed by atoms with E-state index in [-0.39, 0.29) is 6.03 Å². The molecule has 5 heteroatoms. The van der Waals surface area contributed by atoms with Crippen molar-refractivity contribution in [3.63, 3.8) is 0 Å². The average molecular weight is 336 g/mol. The molecular formula is C20H20N2O3.